The van der Waals surface area contributed by atoms with Gasteiger partial charge in [-0.25, -0.2) is 0 Å². The second-order valence-corrected chi connectivity index (χ2v) is 7.14. The van der Waals surface area contributed by atoms with E-state index in [4.69, 9.17) is 10.3 Å². The number of aromatic nitrogens is 2. The quantitative estimate of drug-likeness (QED) is 0.750. The molecule has 0 saturated heterocycles. The van der Waals surface area contributed by atoms with E-state index in [0.29, 0.717) is 24.8 Å². The zero-order valence-corrected chi connectivity index (χ0v) is 15.4. The SMILES string of the molecule is CC(C)[C@@H](c1nc(-c2ccc(CN)cc2)no1)N1Cc2ccccc2C1=O. The Labute approximate surface area is 158 Å². The van der Waals surface area contributed by atoms with Crippen molar-refractivity contribution >= 4 is 5.91 Å². The number of fused-ring (bicyclic) bond motifs is 1. The Morgan fingerprint density at radius 2 is 1.89 bits per heavy atom. The van der Waals surface area contributed by atoms with E-state index in [0.717, 1.165) is 22.3 Å². The number of benzene rings is 2. The Kier molecular flexibility index (Phi) is 4.49. The van der Waals surface area contributed by atoms with Gasteiger partial charge in [0.25, 0.3) is 5.91 Å². The first kappa shape index (κ1) is 17.4. The van der Waals surface area contributed by atoms with Gasteiger partial charge in [0.1, 0.15) is 6.04 Å². The summed E-state index contributed by atoms with van der Waals surface area (Å²) in [6.07, 6.45) is 0. The van der Waals surface area contributed by atoms with Crippen LogP contribution in [0.2, 0.25) is 0 Å². The first-order chi connectivity index (χ1) is 13.1. The second-order valence-electron chi connectivity index (χ2n) is 7.14. The molecule has 1 aliphatic rings. The molecule has 0 spiro atoms. The van der Waals surface area contributed by atoms with Crippen molar-refractivity contribution in [3.63, 3.8) is 0 Å². The van der Waals surface area contributed by atoms with E-state index in [1.54, 1.807) is 0 Å². The van der Waals surface area contributed by atoms with Crippen molar-refractivity contribution in [2.45, 2.75) is 33.0 Å². The number of nitrogens with zero attached hydrogens (tertiary/aromatic N) is 3. The van der Waals surface area contributed by atoms with Crippen LogP contribution < -0.4 is 5.73 Å². The molecule has 6 nitrogen and oxygen atoms in total. The average molecular weight is 362 g/mol. The minimum absolute atomic E-state index is 0.0105. The third-order valence-corrected chi connectivity index (χ3v) is 4.96. The van der Waals surface area contributed by atoms with Gasteiger partial charge in [0, 0.05) is 24.2 Å². The smallest absolute Gasteiger partial charge is 0.255 e. The van der Waals surface area contributed by atoms with E-state index < -0.39 is 0 Å². The summed E-state index contributed by atoms with van der Waals surface area (Å²) in [6.45, 7) is 5.16. The van der Waals surface area contributed by atoms with Gasteiger partial charge in [-0.3, -0.25) is 4.79 Å². The average Bonchev–Trinajstić information content (AvgIpc) is 3.28. The van der Waals surface area contributed by atoms with Gasteiger partial charge >= 0.3 is 0 Å². The van der Waals surface area contributed by atoms with Crippen LogP contribution in [0, 0.1) is 5.92 Å². The van der Waals surface area contributed by atoms with Crippen LogP contribution in [0.5, 0.6) is 0 Å². The number of carbonyl (C=O) groups is 1. The zero-order valence-electron chi connectivity index (χ0n) is 15.4. The molecule has 4 rings (SSSR count). The number of amides is 1. The van der Waals surface area contributed by atoms with Crippen LogP contribution >= 0.6 is 0 Å². The van der Waals surface area contributed by atoms with Gasteiger partial charge in [-0.15, -0.1) is 0 Å². The maximum atomic E-state index is 12.9. The van der Waals surface area contributed by atoms with E-state index in [9.17, 15) is 4.79 Å². The van der Waals surface area contributed by atoms with Crippen molar-refractivity contribution in [2.24, 2.45) is 11.7 Å². The first-order valence-corrected chi connectivity index (χ1v) is 9.10. The Morgan fingerprint density at radius 3 is 2.56 bits per heavy atom. The van der Waals surface area contributed by atoms with Crippen molar-refractivity contribution in [3.8, 4) is 11.4 Å². The van der Waals surface area contributed by atoms with Crippen LogP contribution in [0.3, 0.4) is 0 Å². The lowest BCUT2D eigenvalue weighted by Gasteiger charge is -2.27. The van der Waals surface area contributed by atoms with Crippen molar-refractivity contribution in [3.05, 3.63) is 71.1 Å². The molecule has 6 heteroatoms. The monoisotopic (exact) mass is 362 g/mol. The minimum Gasteiger partial charge on any atom is -0.337 e. The summed E-state index contributed by atoms with van der Waals surface area (Å²) in [6, 6.07) is 15.2. The molecule has 2 N–H and O–H groups in total. The maximum absolute atomic E-state index is 12.9. The van der Waals surface area contributed by atoms with E-state index in [-0.39, 0.29) is 17.9 Å². The number of rotatable bonds is 5. The third kappa shape index (κ3) is 3.13. The van der Waals surface area contributed by atoms with Crippen molar-refractivity contribution in [2.75, 3.05) is 0 Å². The number of carbonyl (C=O) groups excluding carboxylic acids is 1. The summed E-state index contributed by atoms with van der Waals surface area (Å²) in [5.41, 5.74) is 9.34. The summed E-state index contributed by atoms with van der Waals surface area (Å²) >= 11 is 0. The first-order valence-electron chi connectivity index (χ1n) is 9.10. The summed E-state index contributed by atoms with van der Waals surface area (Å²) in [7, 11) is 0. The lowest BCUT2D eigenvalue weighted by molar-refractivity contribution is 0.0596. The highest BCUT2D eigenvalue weighted by atomic mass is 16.5. The lowest BCUT2D eigenvalue weighted by atomic mass is 10.0. The largest absolute Gasteiger partial charge is 0.337 e. The standard InChI is InChI=1S/C21H22N4O2/c1-13(2)18(25-12-16-5-3-4-6-17(16)21(25)26)20-23-19(24-27-20)15-9-7-14(11-22)8-10-15/h3-10,13,18H,11-12,22H2,1-2H3/t18-/m0/s1. The van der Waals surface area contributed by atoms with E-state index >= 15 is 0 Å². The number of hydrogen-bond donors (Lipinski definition) is 1. The van der Waals surface area contributed by atoms with Gasteiger partial charge in [0.05, 0.1) is 0 Å². The normalized spacial score (nSPS) is 14.7. The van der Waals surface area contributed by atoms with E-state index in [1.807, 2.05) is 53.4 Å². The van der Waals surface area contributed by atoms with Crippen LogP contribution in [-0.4, -0.2) is 20.9 Å². The van der Waals surface area contributed by atoms with Crippen LogP contribution in [-0.2, 0) is 13.1 Å². The molecule has 1 amide bonds. The maximum Gasteiger partial charge on any atom is 0.255 e. The molecule has 0 unspecified atom stereocenters. The van der Waals surface area contributed by atoms with Gasteiger partial charge in [0.2, 0.25) is 11.7 Å². The predicted octanol–water partition coefficient (Wildman–Crippen LogP) is 3.55. The predicted molar refractivity (Wildman–Crippen MR) is 102 cm³/mol. The topological polar surface area (TPSA) is 85.2 Å². The molecule has 1 atom stereocenters. The molecule has 0 radical (unpaired) electrons. The molecule has 1 aromatic heterocycles. The number of nitrogens with two attached hydrogens (primary N) is 1. The second kappa shape index (κ2) is 6.96. The Morgan fingerprint density at radius 1 is 1.15 bits per heavy atom. The van der Waals surface area contributed by atoms with E-state index in [1.165, 1.54) is 0 Å². The van der Waals surface area contributed by atoms with E-state index in [2.05, 4.69) is 24.0 Å². The molecule has 3 aromatic rings. The van der Waals surface area contributed by atoms with Gasteiger partial charge in [0.15, 0.2) is 0 Å². The zero-order chi connectivity index (χ0) is 19.0. The summed E-state index contributed by atoms with van der Waals surface area (Å²) in [5, 5.41) is 4.14. The van der Waals surface area contributed by atoms with Crippen LogP contribution in [0.1, 0.15) is 47.3 Å². The summed E-state index contributed by atoms with van der Waals surface area (Å²) in [4.78, 5) is 19.3. The molecule has 2 heterocycles. The van der Waals surface area contributed by atoms with Crippen molar-refractivity contribution in [1.82, 2.24) is 15.0 Å². The van der Waals surface area contributed by atoms with Crippen LogP contribution in [0.15, 0.2) is 53.1 Å². The molecule has 138 valence electrons. The van der Waals surface area contributed by atoms with Crippen molar-refractivity contribution < 1.29 is 9.32 Å². The van der Waals surface area contributed by atoms with Gasteiger partial charge in [-0.05, 0) is 23.1 Å². The fraction of sp³-hybridized carbons (Fsp3) is 0.286. The lowest BCUT2D eigenvalue weighted by Crippen LogP contribution is -2.32. The van der Waals surface area contributed by atoms with Gasteiger partial charge < -0.3 is 15.2 Å². The minimum atomic E-state index is -0.269. The molecule has 0 fully saturated rings. The molecule has 1 aliphatic heterocycles. The fourth-order valence-electron chi connectivity index (χ4n) is 3.54. The molecule has 0 saturated carbocycles. The summed E-state index contributed by atoms with van der Waals surface area (Å²) < 4.78 is 5.58. The highest BCUT2D eigenvalue weighted by molar-refractivity contribution is 5.98. The molecule has 27 heavy (non-hydrogen) atoms. The van der Waals surface area contributed by atoms with Gasteiger partial charge in [-0.2, -0.15) is 4.98 Å². The molecule has 2 aromatic carbocycles. The molecular weight excluding hydrogens is 340 g/mol. The Balaban J connectivity index is 1.64. The highest BCUT2D eigenvalue weighted by Crippen LogP contribution is 2.35. The van der Waals surface area contributed by atoms with Crippen molar-refractivity contribution in [1.29, 1.82) is 0 Å². The van der Waals surface area contributed by atoms with Crippen LogP contribution in [0.25, 0.3) is 11.4 Å². The Bertz CT molecular complexity index is 962. The van der Waals surface area contributed by atoms with Gasteiger partial charge in [-0.1, -0.05) is 61.5 Å². The fourth-order valence-corrected chi connectivity index (χ4v) is 3.54. The highest BCUT2D eigenvalue weighted by Gasteiger charge is 2.37. The Hall–Kier alpha value is -2.99. The van der Waals surface area contributed by atoms with Crippen LogP contribution in [0.4, 0.5) is 0 Å². The number of hydrogen-bond acceptors (Lipinski definition) is 5. The summed E-state index contributed by atoms with van der Waals surface area (Å²) in [5.74, 6) is 1.12. The molecule has 0 bridgehead atoms. The molecular formula is C21H22N4O2. The third-order valence-electron chi connectivity index (χ3n) is 4.96. The molecule has 0 aliphatic carbocycles.